The van der Waals surface area contributed by atoms with Crippen molar-refractivity contribution in [2.45, 2.75) is 38.8 Å². The summed E-state index contributed by atoms with van der Waals surface area (Å²) in [7, 11) is 4.64. The number of likely N-dealkylation sites (N-methyl/N-ethyl adjacent to an activating group) is 1. The number of carbonyl (C=O) groups is 2. The molecule has 1 aromatic rings. The van der Waals surface area contributed by atoms with Gasteiger partial charge in [0.25, 0.3) is 0 Å². The first kappa shape index (κ1) is 17.0. The van der Waals surface area contributed by atoms with Crippen LogP contribution in [-0.4, -0.2) is 52.3 Å². The summed E-state index contributed by atoms with van der Waals surface area (Å²) in [6, 6.07) is -0.778. The Balaban J connectivity index is 2.86. The van der Waals surface area contributed by atoms with E-state index in [1.165, 1.54) is 19.1 Å². The second-order valence-corrected chi connectivity index (χ2v) is 5.86. The molecule has 0 unspecified atom stereocenters. The predicted molar refractivity (Wildman–Crippen MR) is 76.7 cm³/mol. The molecular weight excluding hydrogens is 274 g/mol. The smallest absolute Gasteiger partial charge is 0.410 e. The number of imidazole rings is 1. The van der Waals surface area contributed by atoms with Gasteiger partial charge >= 0.3 is 12.1 Å². The molecule has 0 saturated heterocycles. The van der Waals surface area contributed by atoms with Crippen LogP contribution in [0.15, 0.2) is 12.5 Å². The van der Waals surface area contributed by atoms with Crippen LogP contribution in [0.4, 0.5) is 4.79 Å². The molecule has 0 N–H and O–H groups in total. The number of esters is 1. The van der Waals surface area contributed by atoms with Gasteiger partial charge in [0.05, 0.1) is 19.1 Å². The lowest BCUT2D eigenvalue weighted by atomic mass is 10.1. The number of aromatic nitrogens is 2. The van der Waals surface area contributed by atoms with Gasteiger partial charge in [0.2, 0.25) is 0 Å². The van der Waals surface area contributed by atoms with E-state index in [0.29, 0.717) is 5.69 Å². The molecule has 0 aliphatic rings. The summed E-state index contributed by atoms with van der Waals surface area (Å²) in [4.78, 5) is 29.4. The Bertz CT molecular complexity index is 505. The highest BCUT2D eigenvalue weighted by Crippen LogP contribution is 2.14. The van der Waals surface area contributed by atoms with Gasteiger partial charge in [-0.2, -0.15) is 0 Å². The van der Waals surface area contributed by atoms with Crippen molar-refractivity contribution in [3.05, 3.63) is 18.2 Å². The van der Waals surface area contributed by atoms with Gasteiger partial charge in [0, 0.05) is 26.7 Å². The quantitative estimate of drug-likeness (QED) is 0.785. The zero-order chi connectivity index (χ0) is 16.2. The summed E-state index contributed by atoms with van der Waals surface area (Å²) >= 11 is 0. The number of nitrogens with zero attached hydrogens (tertiary/aromatic N) is 3. The molecular formula is C14H23N3O4. The minimum atomic E-state index is -0.778. The van der Waals surface area contributed by atoms with Crippen LogP contribution in [0.3, 0.4) is 0 Å². The first-order valence-electron chi connectivity index (χ1n) is 6.64. The maximum absolute atomic E-state index is 12.1. The van der Waals surface area contributed by atoms with Gasteiger partial charge < -0.3 is 14.0 Å². The van der Waals surface area contributed by atoms with Crippen LogP contribution in [-0.2, 0) is 27.7 Å². The zero-order valence-electron chi connectivity index (χ0n) is 13.4. The molecule has 0 saturated carbocycles. The van der Waals surface area contributed by atoms with Crippen LogP contribution >= 0.6 is 0 Å². The summed E-state index contributed by atoms with van der Waals surface area (Å²) in [5.41, 5.74) is 0.0695. The first-order valence-corrected chi connectivity index (χ1v) is 6.64. The summed E-state index contributed by atoms with van der Waals surface area (Å²) in [6.07, 6.45) is 3.12. The molecule has 21 heavy (non-hydrogen) atoms. The molecule has 0 spiro atoms. The lowest BCUT2D eigenvalue weighted by Crippen LogP contribution is -2.46. The molecule has 118 valence electrons. The first-order chi connectivity index (χ1) is 9.64. The molecule has 1 amide bonds. The van der Waals surface area contributed by atoms with E-state index in [1.54, 1.807) is 37.9 Å². The van der Waals surface area contributed by atoms with Crippen LogP contribution < -0.4 is 0 Å². The molecule has 0 bridgehead atoms. The number of methoxy groups -OCH3 is 1. The minimum Gasteiger partial charge on any atom is -0.467 e. The van der Waals surface area contributed by atoms with Crippen molar-refractivity contribution in [1.29, 1.82) is 0 Å². The largest absolute Gasteiger partial charge is 0.467 e. The molecule has 7 heteroatoms. The van der Waals surface area contributed by atoms with Crippen molar-refractivity contribution in [2.75, 3.05) is 14.2 Å². The van der Waals surface area contributed by atoms with Crippen LogP contribution in [0.2, 0.25) is 0 Å². The van der Waals surface area contributed by atoms with Crippen molar-refractivity contribution in [3.63, 3.8) is 0 Å². The fraction of sp³-hybridized carbons (Fsp3) is 0.643. The number of amides is 1. The molecule has 7 nitrogen and oxygen atoms in total. The van der Waals surface area contributed by atoms with Gasteiger partial charge in [-0.15, -0.1) is 0 Å². The van der Waals surface area contributed by atoms with E-state index in [4.69, 9.17) is 9.47 Å². The number of hydrogen-bond acceptors (Lipinski definition) is 5. The van der Waals surface area contributed by atoms with Crippen LogP contribution in [0, 0.1) is 0 Å². The van der Waals surface area contributed by atoms with Gasteiger partial charge in [-0.3, -0.25) is 4.90 Å². The lowest BCUT2D eigenvalue weighted by molar-refractivity contribution is -0.146. The van der Waals surface area contributed by atoms with Gasteiger partial charge in [-0.25, -0.2) is 14.6 Å². The molecule has 0 radical (unpaired) electrons. The van der Waals surface area contributed by atoms with E-state index >= 15 is 0 Å². The van der Waals surface area contributed by atoms with Crippen molar-refractivity contribution in [3.8, 4) is 0 Å². The van der Waals surface area contributed by atoms with Crippen molar-refractivity contribution >= 4 is 12.1 Å². The average molecular weight is 297 g/mol. The Labute approximate surface area is 124 Å². The Kier molecular flexibility index (Phi) is 5.34. The van der Waals surface area contributed by atoms with E-state index in [2.05, 4.69) is 4.98 Å². The summed E-state index contributed by atoms with van der Waals surface area (Å²) in [5.74, 6) is -0.506. The van der Waals surface area contributed by atoms with E-state index in [9.17, 15) is 9.59 Å². The van der Waals surface area contributed by atoms with E-state index in [1.807, 2.05) is 7.05 Å². The van der Waals surface area contributed by atoms with E-state index < -0.39 is 23.7 Å². The minimum absolute atomic E-state index is 0.267. The number of aryl methyl sites for hydroxylation is 1. The molecule has 1 atom stereocenters. The Morgan fingerprint density at radius 3 is 2.48 bits per heavy atom. The van der Waals surface area contributed by atoms with Gasteiger partial charge in [0.15, 0.2) is 0 Å². The Morgan fingerprint density at radius 2 is 2.05 bits per heavy atom. The number of hydrogen-bond donors (Lipinski definition) is 0. The third-order valence-electron chi connectivity index (χ3n) is 2.78. The molecule has 1 aromatic heterocycles. The van der Waals surface area contributed by atoms with Gasteiger partial charge in [-0.1, -0.05) is 0 Å². The van der Waals surface area contributed by atoms with Crippen molar-refractivity contribution in [2.24, 2.45) is 7.05 Å². The summed E-state index contributed by atoms with van der Waals surface area (Å²) in [5, 5.41) is 0. The maximum Gasteiger partial charge on any atom is 0.410 e. The fourth-order valence-electron chi connectivity index (χ4n) is 1.75. The second-order valence-electron chi connectivity index (χ2n) is 5.86. The normalized spacial score (nSPS) is 12.7. The summed E-state index contributed by atoms with van der Waals surface area (Å²) in [6.45, 7) is 5.31. The highest BCUT2D eigenvalue weighted by Gasteiger charge is 2.31. The fourth-order valence-corrected chi connectivity index (χ4v) is 1.75. The molecule has 0 aliphatic carbocycles. The number of carbonyl (C=O) groups excluding carboxylic acids is 2. The van der Waals surface area contributed by atoms with Crippen molar-refractivity contribution < 1.29 is 19.1 Å². The van der Waals surface area contributed by atoms with Crippen LogP contribution in [0.5, 0.6) is 0 Å². The Morgan fingerprint density at radius 1 is 1.43 bits per heavy atom. The SMILES string of the molecule is COC(=O)[C@@H](Cc1cn(C)cn1)N(C)C(=O)OC(C)(C)C. The maximum atomic E-state index is 12.1. The molecule has 0 fully saturated rings. The average Bonchev–Trinajstić information content (AvgIpc) is 2.77. The van der Waals surface area contributed by atoms with E-state index in [-0.39, 0.29) is 6.42 Å². The molecule has 0 aromatic carbocycles. The molecule has 1 heterocycles. The summed E-state index contributed by atoms with van der Waals surface area (Å²) < 4.78 is 11.8. The second kappa shape index (κ2) is 6.60. The third kappa shape index (κ3) is 5.09. The predicted octanol–water partition coefficient (Wildman–Crippen LogP) is 1.37. The Hall–Kier alpha value is -2.05. The standard InChI is InChI=1S/C14H23N3O4/c1-14(2,3)21-13(19)17(5)11(12(18)20-6)7-10-8-16(4)9-15-10/h8-9,11H,7H2,1-6H3/t11-/m1/s1. The van der Waals surface area contributed by atoms with Gasteiger partial charge in [-0.05, 0) is 20.8 Å². The highest BCUT2D eigenvalue weighted by molar-refractivity contribution is 5.81. The van der Waals surface area contributed by atoms with Crippen molar-refractivity contribution in [1.82, 2.24) is 14.5 Å². The lowest BCUT2D eigenvalue weighted by Gasteiger charge is -2.28. The molecule has 0 aliphatic heterocycles. The zero-order valence-corrected chi connectivity index (χ0v) is 13.4. The van der Waals surface area contributed by atoms with Crippen LogP contribution in [0.25, 0.3) is 0 Å². The number of ether oxygens (including phenoxy) is 2. The monoisotopic (exact) mass is 297 g/mol. The van der Waals surface area contributed by atoms with Crippen LogP contribution in [0.1, 0.15) is 26.5 Å². The molecule has 1 rings (SSSR count). The topological polar surface area (TPSA) is 73.7 Å². The van der Waals surface area contributed by atoms with Gasteiger partial charge in [0.1, 0.15) is 11.6 Å². The third-order valence-corrected chi connectivity index (χ3v) is 2.78. The van der Waals surface area contributed by atoms with E-state index in [0.717, 1.165) is 0 Å². The number of rotatable bonds is 4. The highest BCUT2D eigenvalue weighted by atomic mass is 16.6.